The van der Waals surface area contributed by atoms with Crippen LogP contribution in [0, 0.1) is 6.92 Å². The number of hydrogen-bond donors (Lipinski definition) is 2. The van der Waals surface area contributed by atoms with E-state index in [1.54, 1.807) is 6.07 Å². The summed E-state index contributed by atoms with van der Waals surface area (Å²) >= 11 is 1.42. The second-order valence-corrected chi connectivity index (χ2v) is 6.98. The first-order chi connectivity index (χ1) is 13.1. The van der Waals surface area contributed by atoms with E-state index in [4.69, 9.17) is 9.15 Å². The molecule has 0 atom stereocenters. The van der Waals surface area contributed by atoms with Crippen molar-refractivity contribution in [2.75, 3.05) is 0 Å². The van der Waals surface area contributed by atoms with Crippen molar-refractivity contribution in [2.24, 2.45) is 0 Å². The first-order valence-electron chi connectivity index (χ1n) is 8.53. The van der Waals surface area contributed by atoms with Gasteiger partial charge >= 0.3 is 5.91 Å². The Morgan fingerprint density at radius 1 is 1.07 bits per heavy atom. The normalized spacial score (nSPS) is 10.4. The number of rotatable bonds is 6. The molecule has 6 nitrogen and oxygen atoms in total. The van der Waals surface area contributed by atoms with Gasteiger partial charge in [-0.15, -0.1) is 11.3 Å². The van der Waals surface area contributed by atoms with Crippen LogP contribution in [0.2, 0.25) is 0 Å². The van der Waals surface area contributed by atoms with Crippen molar-refractivity contribution in [3.05, 3.63) is 75.4 Å². The highest BCUT2D eigenvalue weighted by Crippen LogP contribution is 2.22. The zero-order valence-corrected chi connectivity index (χ0v) is 15.9. The molecule has 3 aromatic rings. The molecule has 0 spiro atoms. The van der Waals surface area contributed by atoms with Gasteiger partial charge in [-0.25, -0.2) is 0 Å². The third-order valence-electron chi connectivity index (χ3n) is 3.86. The fourth-order valence-corrected chi connectivity index (χ4v) is 3.48. The molecule has 2 N–H and O–H groups in total. The van der Waals surface area contributed by atoms with Crippen LogP contribution in [-0.2, 0) is 13.0 Å². The van der Waals surface area contributed by atoms with E-state index >= 15 is 0 Å². The average Bonchev–Trinajstić information content (AvgIpc) is 3.31. The summed E-state index contributed by atoms with van der Waals surface area (Å²) < 4.78 is 11.0. The Balaban J connectivity index is 1.52. The maximum atomic E-state index is 12.2. The summed E-state index contributed by atoms with van der Waals surface area (Å²) in [6.07, 6.45) is 0.871. The number of carbonyl (C=O) groups excluding carboxylic acids is 2. The minimum Gasteiger partial charge on any atom is -0.486 e. The topological polar surface area (TPSA) is 80.6 Å². The van der Waals surface area contributed by atoms with Gasteiger partial charge in [0, 0.05) is 4.88 Å². The van der Waals surface area contributed by atoms with E-state index in [9.17, 15) is 9.59 Å². The highest BCUT2D eigenvalue weighted by molar-refractivity contribution is 7.14. The van der Waals surface area contributed by atoms with Crippen LogP contribution in [-0.4, -0.2) is 11.8 Å². The van der Waals surface area contributed by atoms with Crippen molar-refractivity contribution >= 4 is 23.2 Å². The lowest BCUT2D eigenvalue weighted by Crippen LogP contribution is -2.41. The average molecular weight is 384 g/mol. The predicted octanol–water partition coefficient (Wildman–Crippen LogP) is 3.87. The number of hydrazine groups is 1. The summed E-state index contributed by atoms with van der Waals surface area (Å²) in [7, 11) is 0. The molecule has 0 aliphatic heterocycles. The molecule has 0 unspecified atom stereocenters. The number of nitrogens with one attached hydrogen (secondary N) is 2. The fourth-order valence-electron chi connectivity index (χ4n) is 2.47. The molecule has 3 rings (SSSR count). The summed E-state index contributed by atoms with van der Waals surface area (Å²) in [5.41, 5.74) is 5.85. The summed E-state index contributed by atoms with van der Waals surface area (Å²) in [5, 5.41) is 0. The molecule has 0 fully saturated rings. The molecule has 0 aliphatic carbocycles. The molecule has 0 saturated carbocycles. The molecule has 140 valence electrons. The Kier molecular flexibility index (Phi) is 5.93. The van der Waals surface area contributed by atoms with E-state index in [0.717, 1.165) is 16.9 Å². The zero-order chi connectivity index (χ0) is 19.2. The van der Waals surface area contributed by atoms with Crippen molar-refractivity contribution in [1.29, 1.82) is 0 Å². The van der Waals surface area contributed by atoms with Crippen LogP contribution in [0.1, 0.15) is 43.4 Å². The Labute approximate surface area is 161 Å². The van der Waals surface area contributed by atoms with Crippen LogP contribution < -0.4 is 15.6 Å². The van der Waals surface area contributed by atoms with Crippen molar-refractivity contribution < 1.29 is 18.7 Å². The van der Waals surface area contributed by atoms with Crippen LogP contribution in [0.15, 0.2) is 52.9 Å². The lowest BCUT2D eigenvalue weighted by Gasteiger charge is -2.05. The number of thiophene rings is 1. The van der Waals surface area contributed by atoms with Crippen LogP contribution in [0.4, 0.5) is 0 Å². The lowest BCUT2D eigenvalue weighted by atomic mass is 10.2. The Bertz CT molecular complexity index is 931. The van der Waals surface area contributed by atoms with Gasteiger partial charge in [0.1, 0.15) is 18.1 Å². The second kappa shape index (κ2) is 8.55. The standard InChI is InChI=1S/C20H20N2O4S/c1-3-17-13(2)11-18(27-17)20(24)22-21-19(23)16-10-9-15(26-16)12-25-14-7-5-4-6-8-14/h4-11H,3,12H2,1-2H3,(H,21,23)(H,22,24). The van der Waals surface area contributed by atoms with Gasteiger partial charge in [0.15, 0.2) is 5.76 Å². The molecule has 0 bridgehead atoms. The van der Waals surface area contributed by atoms with Crippen molar-refractivity contribution in [3.63, 3.8) is 0 Å². The van der Waals surface area contributed by atoms with Crippen LogP contribution >= 0.6 is 11.3 Å². The van der Waals surface area contributed by atoms with Gasteiger partial charge in [0.25, 0.3) is 5.91 Å². The molecule has 2 heterocycles. The third kappa shape index (κ3) is 4.77. The number of hydrogen-bond acceptors (Lipinski definition) is 5. The smallest absolute Gasteiger partial charge is 0.305 e. The van der Waals surface area contributed by atoms with E-state index in [2.05, 4.69) is 10.9 Å². The van der Waals surface area contributed by atoms with Crippen molar-refractivity contribution in [1.82, 2.24) is 10.9 Å². The van der Waals surface area contributed by atoms with E-state index in [1.165, 1.54) is 17.4 Å². The summed E-state index contributed by atoms with van der Waals surface area (Å²) in [4.78, 5) is 26.0. The Morgan fingerprint density at radius 2 is 1.81 bits per heavy atom. The maximum Gasteiger partial charge on any atom is 0.305 e. The summed E-state index contributed by atoms with van der Waals surface area (Å²) in [6, 6.07) is 14.3. The quantitative estimate of drug-likeness (QED) is 0.632. The van der Waals surface area contributed by atoms with Crippen molar-refractivity contribution in [2.45, 2.75) is 26.9 Å². The van der Waals surface area contributed by atoms with Crippen molar-refractivity contribution in [3.8, 4) is 5.75 Å². The van der Waals surface area contributed by atoms with Gasteiger partial charge in [-0.05, 0) is 49.2 Å². The fraction of sp³-hybridized carbons (Fsp3) is 0.200. The highest BCUT2D eigenvalue weighted by Gasteiger charge is 2.15. The van der Waals surface area contributed by atoms with Crippen LogP contribution in [0.25, 0.3) is 0 Å². The largest absolute Gasteiger partial charge is 0.486 e. The second-order valence-electron chi connectivity index (χ2n) is 5.85. The van der Waals surface area contributed by atoms with Crippen LogP contribution in [0.3, 0.4) is 0 Å². The lowest BCUT2D eigenvalue weighted by molar-refractivity contribution is 0.0830. The number of amides is 2. The monoisotopic (exact) mass is 384 g/mol. The number of furan rings is 1. The van der Waals surface area contributed by atoms with Gasteiger partial charge in [-0.2, -0.15) is 0 Å². The number of aryl methyl sites for hydroxylation is 2. The molecule has 0 aliphatic rings. The molecule has 27 heavy (non-hydrogen) atoms. The Hall–Kier alpha value is -3.06. The molecule has 2 amide bonds. The van der Waals surface area contributed by atoms with E-state index in [-0.39, 0.29) is 18.3 Å². The van der Waals surface area contributed by atoms with E-state index < -0.39 is 5.91 Å². The Morgan fingerprint density at radius 3 is 2.52 bits per heavy atom. The first kappa shape index (κ1) is 18.7. The van der Waals surface area contributed by atoms with Gasteiger partial charge in [0.2, 0.25) is 0 Å². The minimum absolute atomic E-state index is 0.0959. The summed E-state index contributed by atoms with van der Waals surface area (Å²) in [6.45, 7) is 4.21. The van der Waals surface area contributed by atoms with E-state index in [0.29, 0.717) is 16.4 Å². The molecule has 2 aromatic heterocycles. The SMILES string of the molecule is CCc1sc(C(=O)NNC(=O)c2ccc(COc3ccccc3)o2)cc1C. The molecule has 0 radical (unpaired) electrons. The highest BCUT2D eigenvalue weighted by atomic mass is 32.1. The molecule has 0 saturated heterocycles. The first-order valence-corrected chi connectivity index (χ1v) is 9.35. The zero-order valence-electron chi connectivity index (χ0n) is 15.1. The number of ether oxygens (including phenoxy) is 1. The van der Waals surface area contributed by atoms with Gasteiger partial charge < -0.3 is 9.15 Å². The maximum absolute atomic E-state index is 12.2. The minimum atomic E-state index is -0.529. The van der Waals surface area contributed by atoms with Gasteiger partial charge in [0.05, 0.1) is 4.88 Å². The van der Waals surface area contributed by atoms with Gasteiger partial charge in [-0.1, -0.05) is 25.1 Å². The predicted molar refractivity (Wildman–Crippen MR) is 103 cm³/mol. The number of carbonyl (C=O) groups is 2. The third-order valence-corrected chi connectivity index (χ3v) is 5.25. The molecular weight excluding hydrogens is 364 g/mol. The molecule has 1 aromatic carbocycles. The molecular formula is C20H20N2O4S. The summed E-state index contributed by atoms with van der Waals surface area (Å²) in [5.74, 6) is 0.439. The number of benzene rings is 1. The molecule has 7 heteroatoms. The van der Waals surface area contributed by atoms with E-state index in [1.807, 2.05) is 50.2 Å². The number of para-hydroxylation sites is 1. The van der Waals surface area contributed by atoms with Gasteiger partial charge in [-0.3, -0.25) is 20.4 Å². The van der Waals surface area contributed by atoms with Crippen LogP contribution in [0.5, 0.6) is 5.75 Å².